The Hall–Kier alpha value is -3.33. The second-order valence-electron chi connectivity index (χ2n) is 8.32. The van der Waals surface area contributed by atoms with E-state index in [0.717, 1.165) is 17.1 Å². The second-order valence-corrected chi connectivity index (χ2v) is 9.26. The van der Waals surface area contributed by atoms with Gasteiger partial charge in [-0.2, -0.15) is 0 Å². The standard InChI is InChI=1S/C25H29N5O3S/c1-18-9-7-8-12-22(18)30-20(3)26-27-25(30)34-17-24(32)28-13-14-29(19(2)15-28)23(31)16-33-21-10-5-4-6-11-21/h4-12,19H,13-17H2,1-3H3. The Bertz CT molecular complexity index is 1150. The fourth-order valence-electron chi connectivity index (χ4n) is 4.05. The molecule has 178 valence electrons. The highest BCUT2D eigenvalue weighted by Crippen LogP contribution is 2.24. The summed E-state index contributed by atoms with van der Waals surface area (Å²) in [6.07, 6.45) is 0. The molecule has 1 aromatic heterocycles. The first-order valence-corrected chi connectivity index (χ1v) is 12.3. The van der Waals surface area contributed by atoms with Gasteiger partial charge in [-0.3, -0.25) is 14.2 Å². The summed E-state index contributed by atoms with van der Waals surface area (Å²) in [6.45, 7) is 7.40. The van der Waals surface area contributed by atoms with E-state index in [-0.39, 0.29) is 30.2 Å². The van der Waals surface area contributed by atoms with Crippen LogP contribution in [0.25, 0.3) is 5.69 Å². The normalized spacial score (nSPS) is 15.9. The third kappa shape index (κ3) is 5.41. The number of aryl methyl sites for hydroxylation is 2. The number of nitrogens with zero attached hydrogens (tertiary/aromatic N) is 5. The Labute approximate surface area is 203 Å². The molecule has 3 aromatic rings. The smallest absolute Gasteiger partial charge is 0.260 e. The first-order valence-electron chi connectivity index (χ1n) is 11.3. The molecule has 1 aliphatic rings. The molecule has 1 saturated heterocycles. The largest absolute Gasteiger partial charge is 0.484 e. The number of amides is 2. The van der Waals surface area contributed by atoms with Crippen molar-refractivity contribution in [1.82, 2.24) is 24.6 Å². The van der Waals surface area contributed by atoms with Crippen LogP contribution in [0.5, 0.6) is 5.75 Å². The van der Waals surface area contributed by atoms with E-state index in [9.17, 15) is 9.59 Å². The number of carbonyl (C=O) groups excluding carboxylic acids is 2. The zero-order chi connectivity index (χ0) is 24.1. The number of thioether (sulfide) groups is 1. The summed E-state index contributed by atoms with van der Waals surface area (Å²) < 4.78 is 7.58. The van der Waals surface area contributed by atoms with Gasteiger partial charge in [-0.15, -0.1) is 10.2 Å². The SMILES string of the molecule is Cc1ccccc1-n1c(C)nnc1SCC(=O)N1CCN(C(=O)COc2ccccc2)C(C)C1. The predicted molar refractivity (Wildman–Crippen MR) is 131 cm³/mol. The number of carbonyl (C=O) groups is 2. The molecular weight excluding hydrogens is 450 g/mol. The topological polar surface area (TPSA) is 80.6 Å². The van der Waals surface area contributed by atoms with Crippen molar-refractivity contribution in [1.29, 1.82) is 0 Å². The quantitative estimate of drug-likeness (QED) is 0.485. The van der Waals surface area contributed by atoms with Gasteiger partial charge in [0.15, 0.2) is 11.8 Å². The van der Waals surface area contributed by atoms with E-state index in [4.69, 9.17) is 4.74 Å². The zero-order valence-corrected chi connectivity index (χ0v) is 20.5. The van der Waals surface area contributed by atoms with Crippen LogP contribution in [0.4, 0.5) is 0 Å². The molecule has 0 aliphatic carbocycles. The molecule has 1 aliphatic heterocycles. The van der Waals surface area contributed by atoms with Crippen LogP contribution in [0.1, 0.15) is 18.3 Å². The summed E-state index contributed by atoms with van der Waals surface area (Å²) >= 11 is 1.38. The first-order chi connectivity index (χ1) is 16.4. The van der Waals surface area contributed by atoms with E-state index in [1.807, 2.05) is 84.8 Å². The molecule has 0 spiro atoms. The van der Waals surface area contributed by atoms with Crippen molar-refractivity contribution in [3.8, 4) is 11.4 Å². The minimum absolute atomic E-state index is 0.00787. The van der Waals surface area contributed by atoms with E-state index in [1.54, 1.807) is 4.90 Å². The van der Waals surface area contributed by atoms with Crippen molar-refractivity contribution in [2.24, 2.45) is 0 Å². The van der Waals surface area contributed by atoms with Gasteiger partial charge >= 0.3 is 0 Å². The van der Waals surface area contributed by atoms with Crippen molar-refractivity contribution in [2.75, 3.05) is 32.0 Å². The average Bonchev–Trinajstić information content (AvgIpc) is 3.21. The Morgan fingerprint density at radius 2 is 1.74 bits per heavy atom. The number of hydrogen-bond acceptors (Lipinski definition) is 6. The highest BCUT2D eigenvalue weighted by Gasteiger charge is 2.30. The second kappa shape index (κ2) is 10.7. The van der Waals surface area contributed by atoms with Crippen LogP contribution in [0.3, 0.4) is 0 Å². The van der Waals surface area contributed by atoms with Crippen LogP contribution in [0.15, 0.2) is 59.8 Å². The molecule has 0 N–H and O–H groups in total. The number of piperazine rings is 1. The molecule has 2 amide bonds. The number of aromatic nitrogens is 3. The van der Waals surface area contributed by atoms with Gasteiger partial charge in [0.25, 0.3) is 5.91 Å². The number of hydrogen-bond donors (Lipinski definition) is 0. The van der Waals surface area contributed by atoms with Crippen LogP contribution >= 0.6 is 11.8 Å². The maximum absolute atomic E-state index is 12.9. The molecule has 4 rings (SSSR count). The molecule has 2 aromatic carbocycles. The molecule has 1 atom stereocenters. The fourth-order valence-corrected chi connectivity index (χ4v) is 4.94. The summed E-state index contributed by atoms with van der Waals surface area (Å²) in [4.78, 5) is 29.2. The Kier molecular flexibility index (Phi) is 7.52. The number of para-hydroxylation sites is 2. The molecule has 34 heavy (non-hydrogen) atoms. The van der Waals surface area contributed by atoms with Crippen molar-refractivity contribution in [2.45, 2.75) is 32.0 Å². The molecule has 0 bridgehead atoms. The highest BCUT2D eigenvalue weighted by molar-refractivity contribution is 7.99. The van der Waals surface area contributed by atoms with Crippen molar-refractivity contribution in [3.63, 3.8) is 0 Å². The van der Waals surface area contributed by atoms with Gasteiger partial charge < -0.3 is 14.5 Å². The zero-order valence-electron chi connectivity index (χ0n) is 19.7. The monoisotopic (exact) mass is 479 g/mol. The molecule has 0 radical (unpaired) electrons. The van der Waals surface area contributed by atoms with Crippen LogP contribution in [-0.4, -0.2) is 74.4 Å². The van der Waals surface area contributed by atoms with Crippen molar-refractivity contribution < 1.29 is 14.3 Å². The molecule has 0 saturated carbocycles. The lowest BCUT2D eigenvalue weighted by Gasteiger charge is -2.39. The molecule has 8 nitrogen and oxygen atoms in total. The van der Waals surface area contributed by atoms with E-state index in [1.165, 1.54) is 11.8 Å². The van der Waals surface area contributed by atoms with Gasteiger partial charge in [-0.05, 0) is 44.5 Å². The number of benzene rings is 2. The van der Waals surface area contributed by atoms with Gasteiger partial charge in [0.1, 0.15) is 11.6 Å². The summed E-state index contributed by atoms with van der Waals surface area (Å²) in [7, 11) is 0. The highest BCUT2D eigenvalue weighted by atomic mass is 32.2. The minimum Gasteiger partial charge on any atom is -0.484 e. The van der Waals surface area contributed by atoms with Crippen molar-refractivity contribution >= 4 is 23.6 Å². The summed E-state index contributed by atoms with van der Waals surface area (Å²) in [5.41, 5.74) is 2.13. The Balaban J connectivity index is 1.31. The van der Waals surface area contributed by atoms with Gasteiger partial charge in [0.2, 0.25) is 5.91 Å². The predicted octanol–water partition coefficient (Wildman–Crippen LogP) is 3.11. The van der Waals surface area contributed by atoms with Gasteiger partial charge in [0.05, 0.1) is 11.4 Å². The van der Waals surface area contributed by atoms with E-state index in [0.29, 0.717) is 30.5 Å². The maximum Gasteiger partial charge on any atom is 0.260 e. The minimum atomic E-state index is -0.0764. The third-order valence-corrected chi connectivity index (χ3v) is 6.80. The molecule has 1 fully saturated rings. The summed E-state index contributed by atoms with van der Waals surface area (Å²) in [5, 5.41) is 9.20. The lowest BCUT2D eigenvalue weighted by Crippen LogP contribution is -2.56. The third-order valence-electron chi connectivity index (χ3n) is 5.88. The molecular formula is C25H29N5O3S. The van der Waals surface area contributed by atoms with E-state index in [2.05, 4.69) is 10.2 Å². The van der Waals surface area contributed by atoms with Crippen LogP contribution in [-0.2, 0) is 9.59 Å². The summed E-state index contributed by atoms with van der Waals surface area (Å²) in [6, 6.07) is 17.3. The van der Waals surface area contributed by atoms with Gasteiger partial charge in [0, 0.05) is 25.7 Å². The van der Waals surface area contributed by atoms with Crippen LogP contribution in [0, 0.1) is 13.8 Å². The van der Waals surface area contributed by atoms with Crippen LogP contribution < -0.4 is 4.74 Å². The first kappa shape index (κ1) is 23.8. The maximum atomic E-state index is 12.9. The summed E-state index contributed by atoms with van der Waals surface area (Å²) in [5.74, 6) is 1.67. The van der Waals surface area contributed by atoms with E-state index < -0.39 is 0 Å². The lowest BCUT2D eigenvalue weighted by atomic mass is 10.2. The average molecular weight is 480 g/mol. The molecule has 2 heterocycles. The van der Waals surface area contributed by atoms with E-state index >= 15 is 0 Å². The van der Waals surface area contributed by atoms with Gasteiger partial charge in [-0.1, -0.05) is 48.2 Å². The Morgan fingerprint density at radius 1 is 1.00 bits per heavy atom. The van der Waals surface area contributed by atoms with Crippen molar-refractivity contribution in [3.05, 3.63) is 66.0 Å². The van der Waals surface area contributed by atoms with Gasteiger partial charge in [-0.25, -0.2) is 0 Å². The molecule has 9 heteroatoms. The fraction of sp³-hybridized carbons (Fsp3) is 0.360. The Morgan fingerprint density at radius 3 is 2.47 bits per heavy atom. The number of rotatable bonds is 7. The molecule has 1 unspecified atom stereocenters. The van der Waals surface area contributed by atoms with Crippen LogP contribution in [0.2, 0.25) is 0 Å². The number of ether oxygens (including phenoxy) is 1. The lowest BCUT2D eigenvalue weighted by molar-refractivity contribution is -0.142.